The summed E-state index contributed by atoms with van der Waals surface area (Å²) in [5.41, 5.74) is 2.04. The molecular formula is C13H12BrN3O. The molecule has 0 saturated carbocycles. The summed E-state index contributed by atoms with van der Waals surface area (Å²) in [7, 11) is 0. The number of aliphatic hydroxyl groups is 1. The first-order valence-electron chi connectivity index (χ1n) is 5.56. The molecule has 0 aliphatic rings. The lowest BCUT2D eigenvalue weighted by Gasteiger charge is -2.13. The maximum atomic E-state index is 10.4. The number of aryl methyl sites for hydroxylation is 1. The molecule has 0 fully saturated rings. The van der Waals surface area contributed by atoms with Crippen LogP contribution in [0.3, 0.4) is 0 Å². The van der Waals surface area contributed by atoms with Crippen LogP contribution in [0.4, 0.5) is 0 Å². The molecule has 0 bridgehead atoms. The summed E-state index contributed by atoms with van der Waals surface area (Å²) < 4.78 is 2.52. The Morgan fingerprint density at radius 2 is 2.11 bits per heavy atom. The lowest BCUT2D eigenvalue weighted by Crippen LogP contribution is -2.09. The second-order valence-electron chi connectivity index (χ2n) is 3.83. The number of hydrogen-bond acceptors (Lipinski definition) is 3. The standard InChI is InChI=1S/C13H12BrN3O/c1-2-17-12(11(14)8-16-17)13(18)10-5-3-9(7-15)4-6-10/h3-6,8,13,18H,2H2,1H3. The lowest BCUT2D eigenvalue weighted by molar-refractivity contribution is 0.207. The Morgan fingerprint density at radius 3 is 2.67 bits per heavy atom. The summed E-state index contributed by atoms with van der Waals surface area (Å²) in [6.45, 7) is 2.66. The third kappa shape index (κ3) is 2.30. The number of nitrogens with zero attached hydrogens (tertiary/aromatic N) is 3. The van der Waals surface area contributed by atoms with Crippen molar-refractivity contribution in [3.8, 4) is 6.07 Å². The summed E-state index contributed by atoms with van der Waals surface area (Å²) in [4.78, 5) is 0. The first-order valence-corrected chi connectivity index (χ1v) is 6.36. The van der Waals surface area contributed by atoms with Gasteiger partial charge >= 0.3 is 0 Å². The van der Waals surface area contributed by atoms with E-state index in [1.54, 1.807) is 35.1 Å². The fraction of sp³-hybridized carbons (Fsp3) is 0.231. The highest BCUT2D eigenvalue weighted by Gasteiger charge is 2.18. The number of halogens is 1. The van der Waals surface area contributed by atoms with Gasteiger partial charge in [-0.1, -0.05) is 12.1 Å². The molecule has 0 spiro atoms. The van der Waals surface area contributed by atoms with Crippen LogP contribution in [0.2, 0.25) is 0 Å². The molecule has 0 radical (unpaired) electrons. The Hall–Kier alpha value is -1.64. The number of rotatable bonds is 3. The Kier molecular flexibility index (Phi) is 3.80. The lowest BCUT2D eigenvalue weighted by atomic mass is 10.0. The van der Waals surface area contributed by atoms with E-state index in [0.717, 1.165) is 15.7 Å². The normalized spacial score (nSPS) is 12.1. The first-order chi connectivity index (χ1) is 8.67. The molecule has 2 rings (SSSR count). The number of aromatic nitrogens is 2. The highest BCUT2D eigenvalue weighted by Crippen LogP contribution is 2.28. The van der Waals surface area contributed by atoms with Crippen molar-refractivity contribution >= 4 is 15.9 Å². The molecule has 0 saturated heterocycles. The van der Waals surface area contributed by atoms with Crippen LogP contribution in [0.1, 0.15) is 29.8 Å². The fourth-order valence-corrected chi connectivity index (χ4v) is 2.31. The number of aliphatic hydroxyl groups excluding tert-OH is 1. The van der Waals surface area contributed by atoms with Gasteiger partial charge in [-0.05, 0) is 40.5 Å². The highest BCUT2D eigenvalue weighted by atomic mass is 79.9. The zero-order chi connectivity index (χ0) is 13.1. The van der Waals surface area contributed by atoms with Gasteiger partial charge in [0.2, 0.25) is 0 Å². The zero-order valence-corrected chi connectivity index (χ0v) is 11.4. The van der Waals surface area contributed by atoms with E-state index in [0.29, 0.717) is 12.1 Å². The topological polar surface area (TPSA) is 61.8 Å². The van der Waals surface area contributed by atoms with Crippen LogP contribution in [0.5, 0.6) is 0 Å². The predicted molar refractivity (Wildman–Crippen MR) is 70.8 cm³/mol. The third-order valence-corrected chi connectivity index (χ3v) is 3.36. The van der Waals surface area contributed by atoms with E-state index in [-0.39, 0.29) is 0 Å². The van der Waals surface area contributed by atoms with E-state index >= 15 is 0 Å². The summed E-state index contributed by atoms with van der Waals surface area (Å²) in [6.07, 6.45) is 0.917. The van der Waals surface area contributed by atoms with Gasteiger partial charge in [0.1, 0.15) is 6.10 Å². The van der Waals surface area contributed by atoms with Crippen molar-refractivity contribution in [3.05, 3.63) is 51.8 Å². The van der Waals surface area contributed by atoms with Crippen molar-refractivity contribution in [2.75, 3.05) is 0 Å². The Labute approximate surface area is 114 Å². The van der Waals surface area contributed by atoms with Crippen LogP contribution in [0.25, 0.3) is 0 Å². The van der Waals surface area contributed by atoms with Crippen LogP contribution in [0.15, 0.2) is 34.9 Å². The second kappa shape index (κ2) is 5.34. The summed E-state index contributed by atoms with van der Waals surface area (Å²) in [5, 5.41) is 23.3. The average molecular weight is 306 g/mol. The minimum absolute atomic E-state index is 0.578. The quantitative estimate of drug-likeness (QED) is 0.948. The minimum Gasteiger partial charge on any atom is -0.382 e. The molecule has 4 nitrogen and oxygen atoms in total. The monoisotopic (exact) mass is 305 g/mol. The van der Waals surface area contributed by atoms with Crippen LogP contribution < -0.4 is 0 Å². The van der Waals surface area contributed by atoms with Gasteiger partial charge in [0.25, 0.3) is 0 Å². The van der Waals surface area contributed by atoms with Gasteiger partial charge in [0, 0.05) is 6.54 Å². The van der Waals surface area contributed by atoms with Crippen molar-refractivity contribution in [2.24, 2.45) is 0 Å². The Balaban J connectivity index is 2.38. The molecule has 1 atom stereocenters. The molecule has 1 heterocycles. The van der Waals surface area contributed by atoms with Crippen molar-refractivity contribution < 1.29 is 5.11 Å². The molecule has 0 aliphatic carbocycles. The van der Waals surface area contributed by atoms with E-state index in [4.69, 9.17) is 5.26 Å². The molecular weight excluding hydrogens is 294 g/mol. The van der Waals surface area contributed by atoms with E-state index in [9.17, 15) is 5.11 Å². The van der Waals surface area contributed by atoms with E-state index in [2.05, 4.69) is 27.1 Å². The molecule has 5 heteroatoms. The zero-order valence-electron chi connectivity index (χ0n) is 9.84. The molecule has 1 aromatic heterocycles. The highest BCUT2D eigenvalue weighted by molar-refractivity contribution is 9.10. The molecule has 0 aliphatic heterocycles. The SMILES string of the molecule is CCn1ncc(Br)c1C(O)c1ccc(C#N)cc1. The molecule has 1 aromatic carbocycles. The molecule has 2 aromatic rings. The summed E-state index contributed by atoms with van der Waals surface area (Å²) in [5.74, 6) is 0. The van der Waals surface area contributed by atoms with Crippen molar-refractivity contribution in [3.63, 3.8) is 0 Å². The van der Waals surface area contributed by atoms with Gasteiger partial charge < -0.3 is 5.11 Å². The molecule has 18 heavy (non-hydrogen) atoms. The second-order valence-corrected chi connectivity index (χ2v) is 4.68. The van der Waals surface area contributed by atoms with Crippen LogP contribution in [0, 0.1) is 11.3 Å². The Morgan fingerprint density at radius 1 is 1.44 bits per heavy atom. The number of hydrogen-bond donors (Lipinski definition) is 1. The van der Waals surface area contributed by atoms with Crippen molar-refractivity contribution in [2.45, 2.75) is 19.6 Å². The molecule has 92 valence electrons. The van der Waals surface area contributed by atoms with Crippen LogP contribution in [-0.2, 0) is 6.54 Å². The van der Waals surface area contributed by atoms with Gasteiger partial charge in [-0.25, -0.2) is 0 Å². The van der Waals surface area contributed by atoms with Crippen molar-refractivity contribution in [1.82, 2.24) is 9.78 Å². The van der Waals surface area contributed by atoms with Gasteiger partial charge in [-0.15, -0.1) is 0 Å². The molecule has 0 amide bonds. The van der Waals surface area contributed by atoms with Gasteiger partial charge in [0.05, 0.1) is 28.0 Å². The maximum Gasteiger partial charge on any atom is 0.122 e. The van der Waals surface area contributed by atoms with E-state index in [1.165, 1.54) is 0 Å². The van der Waals surface area contributed by atoms with E-state index < -0.39 is 6.10 Å². The smallest absolute Gasteiger partial charge is 0.122 e. The average Bonchev–Trinajstić information content (AvgIpc) is 2.79. The molecule has 1 N–H and O–H groups in total. The minimum atomic E-state index is -0.755. The summed E-state index contributed by atoms with van der Waals surface area (Å²) in [6, 6.07) is 8.95. The fourth-order valence-electron chi connectivity index (χ4n) is 1.79. The summed E-state index contributed by atoms with van der Waals surface area (Å²) >= 11 is 3.39. The van der Waals surface area contributed by atoms with Crippen LogP contribution in [-0.4, -0.2) is 14.9 Å². The predicted octanol–water partition coefficient (Wildman–Crippen LogP) is 2.62. The van der Waals surface area contributed by atoms with Crippen LogP contribution >= 0.6 is 15.9 Å². The van der Waals surface area contributed by atoms with Gasteiger partial charge in [0.15, 0.2) is 0 Å². The maximum absolute atomic E-state index is 10.4. The Bertz CT molecular complexity index is 583. The largest absolute Gasteiger partial charge is 0.382 e. The van der Waals surface area contributed by atoms with Gasteiger partial charge in [-0.3, -0.25) is 4.68 Å². The number of nitriles is 1. The van der Waals surface area contributed by atoms with Crippen molar-refractivity contribution in [1.29, 1.82) is 5.26 Å². The number of benzene rings is 1. The van der Waals surface area contributed by atoms with Gasteiger partial charge in [-0.2, -0.15) is 10.4 Å². The first kappa shape index (κ1) is 12.8. The molecule has 1 unspecified atom stereocenters. The third-order valence-electron chi connectivity index (χ3n) is 2.75. The van der Waals surface area contributed by atoms with E-state index in [1.807, 2.05) is 6.92 Å².